The Bertz CT molecular complexity index is 1200. The third-order valence-electron chi connectivity index (χ3n) is 4.78. The van der Waals surface area contributed by atoms with Crippen LogP contribution in [-0.4, -0.2) is 26.2 Å². The summed E-state index contributed by atoms with van der Waals surface area (Å²) in [5.41, 5.74) is 2.47. The lowest BCUT2D eigenvalue weighted by atomic mass is 10.1. The van der Waals surface area contributed by atoms with E-state index in [1.807, 2.05) is 35.8 Å². The van der Waals surface area contributed by atoms with Crippen LogP contribution in [-0.2, 0) is 6.54 Å². The highest BCUT2D eigenvalue weighted by atomic mass is 35.5. The summed E-state index contributed by atoms with van der Waals surface area (Å²) in [6, 6.07) is 19.1. The van der Waals surface area contributed by atoms with Crippen molar-refractivity contribution in [3.63, 3.8) is 0 Å². The summed E-state index contributed by atoms with van der Waals surface area (Å²) >= 11 is 5.93. The van der Waals surface area contributed by atoms with Gasteiger partial charge in [-0.3, -0.25) is 14.6 Å². The van der Waals surface area contributed by atoms with Crippen molar-refractivity contribution in [1.82, 2.24) is 19.9 Å². The topological polar surface area (TPSA) is 76.9 Å². The van der Waals surface area contributed by atoms with Crippen molar-refractivity contribution in [2.45, 2.75) is 19.5 Å². The number of amides is 1. The van der Waals surface area contributed by atoms with Gasteiger partial charge in [0, 0.05) is 16.8 Å². The first-order valence-electron chi connectivity index (χ1n) is 9.49. The van der Waals surface area contributed by atoms with E-state index in [0.29, 0.717) is 22.1 Å². The van der Waals surface area contributed by atoms with Crippen molar-refractivity contribution < 1.29 is 9.59 Å². The van der Waals surface area contributed by atoms with Gasteiger partial charge in [0.2, 0.25) is 0 Å². The largest absolute Gasteiger partial charge is 0.341 e. The number of rotatable bonds is 6. The fourth-order valence-corrected chi connectivity index (χ4v) is 3.42. The van der Waals surface area contributed by atoms with Crippen molar-refractivity contribution in [3.05, 3.63) is 95.0 Å². The molecule has 7 heteroatoms. The number of aromatic nitrogens is 3. The van der Waals surface area contributed by atoms with E-state index in [2.05, 4.69) is 15.3 Å². The first-order chi connectivity index (χ1) is 14.5. The summed E-state index contributed by atoms with van der Waals surface area (Å²) < 4.78 is 1.84. The molecule has 2 aromatic heterocycles. The van der Waals surface area contributed by atoms with E-state index >= 15 is 0 Å². The Balaban J connectivity index is 1.65. The minimum atomic E-state index is -0.426. The van der Waals surface area contributed by atoms with Crippen molar-refractivity contribution in [2.75, 3.05) is 0 Å². The van der Waals surface area contributed by atoms with Gasteiger partial charge in [-0.05, 0) is 55.5 Å². The number of hydrogen-bond donors (Lipinski definition) is 1. The molecule has 6 nitrogen and oxygen atoms in total. The maximum Gasteiger partial charge on any atom is 0.270 e. The molecule has 4 rings (SSSR count). The van der Waals surface area contributed by atoms with Gasteiger partial charge in [-0.1, -0.05) is 29.8 Å². The summed E-state index contributed by atoms with van der Waals surface area (Å²) in [6.45, 7) is 1.94. The lowest BCUT2D eigenvalue weighted by Crippen LogP contribution is -2.30. The van der Waals surface area contributed by atoms with Gasteiger partial charge in [0.1, 0.15) is 11.5 Å². The molecule has 0 radical (unpaired) electrons. The quantitative estimate of drug-likeness (QED) is 0.469. The molecule has 4 aromatic rings. The van der Waals surface area contributed by atoms with Crippen LogP contribution in [0.3, 0.4) is 0 Å². The summed E-state index contributed by atoms with van der Waals surface area (Å²) in [7, 11) is 0. The second-order valence-corrected chi connectivity index (χ2v) is 7.32. The van der Waals surface area contributed by atoms with Gasteiger partial charge >= 0.3 is 0 Å². The molecule has 0 aliphatic heterocycles. The van der Waals surface area contributed by atoms with Crippen LogP contribution in [0.15, 0.2) is 72.9 Å². The number of imidazole rings is 1. The Hall–Kier alpha value is -3.51. The Morgan fingerprint density at radius 2 is 1.77 bits per heavy atom. The molecule has 1 unspecified atom stereocenters. The van der Waals surface area contributed by atoms with E-state index in [1.165, 1.54) is 0 Å². The van der Waals surface area contributed by atoms with Crippen LogP contribution in [0.5, 0.6) is 0 Å². The number of fused-ring (bicyclic) bond motifs is 1. The highest BCUT2D eigenvalue weighted by molar-refractivity contribution is 6.30. The van der Waals surface area contributed by atoms with Crippen molar-refractivity contribution in [1.29, 1.82) is 0 Å². The molecular formula is C23H19ClN4O2. The fourth-order valence-electron chi connectivity index (χ4n) is 3.29. The summed E-state index contributed by atoms with van der Waals surface area (Å²) in [5.74, 6) is 0.229. The molecule has 1 atom stereocenters. The third-order valence-corrected chi connectivity index (χ3v) is 5.04. The molecule has 0 spiro atoms. The summed E-state index contributed by atoms with van der Waals surface area (Å²) in [5, 5.41) is 3.50. The molecule has 0 saturated carbocycles. The van der Waals surface area contributed by atoms with E-state index in [-0.39, 0.29) is 18.2 Å². The molecule has 1 N–H and O–H groups in total. The highest BCUT2D eigenvalue weighted by Crippen LogP contribution is 2.22. The lowest BCUT2D eigenvalue weighted by molar-refractivity contribution is 0.0932. The van der Waals surface area contributed by atoms with Crippen LogP contribution < -0.4 is 5.32 Å². The van der Waals surface area contributed by atoms with Crippen molar-refractivity contribution >= 4 is 34.3 Å². The third kappa shape index (κ3) is 4.09. The molecular weight excluding hydrogens is 400 g/mol. The molecule has 1 amide bonds. The Morgan fingerprint density at radius 3 is 2.50 bits per heavy atom. The molecule has 0 bridgehead atoms. The van der Waals surface area contributed by atoms with Crippen LogP contribution in [0.2, 0.25) is 5.02 Å². The van der Waals surface area contributed by atoms with Gasteiger partial charge in [0.15, 0.2) is 5.78 Å². The zero-order valence-electron chi connectivity index (χ0n) is 16.2. The molecule has 0 aliphatic carbocycles. The van der Waals surface area contributed by atoms with E-state index in [9.17, 15) is 9.59 Å². The fraction of sp³-hybridized carbons (Fsp3) is 0.130. The number of halogens is 1. The number of ketones is 1. The van der Waals surface area contributed by atoms with E-state index in [1.54, 1.807) is 48.7 Å². The molecule has 2 heterocycles. The summed E-state index contributed by atoms with van der Waals surface area (Å²) in [4.78, 5) is 34.2. The van der Waals surface area contributed by atoms with Crippen LogP contribution in [0.1, 0.15) is 39.6 Å². The van der Waals surface area contributed by atoms with Gasteiger partial charge in [-0.2, -0.15) is 0 Å². The number of para-hydroxylation sites is 2. The zero-order chi connectivity index (χ0) is 21.1. The molecule has 150 valence electrons. The second kappa shape index (κ2) is 8.47. The number of hydrogen-bond acceptors (Lipinski definition) is 4. The number of carbonyl (C=O) groups excluding carboxylic acids is 2. The Kier molecular flexibility index (Phi) is 5.59. The van der Waals surface area contributed by atoms with Crippen molar-refractivity contribution in [3.8, 4) is 0 Å². The molecule has 2 aromatic carbocycles. The maximum atomic E-state index is 12.9. The van der Waals surface area contributed by atoms with E-state index in [0.717, 1.165) is 11.0 Å². The second-order valence-electron chi connectivity index (χ2n) is 6.89. The first kappa shape index (κ1) is 19.8. The average molecular weight is 419 g/mol. The number of nitrogens with one attached hydrogen (secondary N) is 1. The predicted molar refractivity (Wildman–Crippen MR) is 116 cm³/mol. The Labute approximate surface area is 178 Å². The minimum absolute atomic E-state index is 0.0701. The smallest absolute Gasteiger partial charge is 0.270 e. The highest BCUT2D eigenvalue weighted by Gasteiger charge is 2.21. The number of nitrogens with zero attached hydrogens (tertiary/aromatic N) is 3. The van der Waals surface area contributed by atoms with Gasteiger partial charge in [0.05, 0.1) is 23.6 Å². The molecule has 30 heavy (non-hydrogen) atoms. The predicted octanol–water partition coefficient (Wildman–Crippen LogP) is 4.46. The number of benzene rings is 2. The number of pyridine rings is 1. The SMILES string of the molecule is CC(NC(=O)c1ccccn1)c1nc2ccccc2n1CC(=O)c1ccc(Cl)cc1. The monoisotopic (exact) mass is 418 g/mol. The zero-order valence-corrected chi connectivity index (χ0v) is 17.0. The maximum absolute atomic E-state index is 12.9. The van der Waals surface area contributed by atoms with Gasteiger partial charge in [0.25, 0.3) is 5.91 Å². The Morgan fingerprint density at radius 1 is 1.03 bits per heavy atom. The van der Waals surface area contributed by atoms with E-state index < -0.39 is 6.04 Å². The van der Waals surface area contributed by atoms with E-state index in [4.69, 9.17) is 11.6 Å². The van der Waals surface area contributed by atoms with Crippen LogP contribution in [0.25, 0.3) is 11.0 Å². The standard InChI is InChI=1S/C23H19ClN4O2/c1-15(26-23(30)19-7-4-5-13-25-19)22-27-18-6-2-3-8-20(18)28(22)14-21(29)16-9-11-17(24)12-10-16/h2-13,15H,14H2,1H3,(H,26,30). The number of Topliss-reactive ketones (excluding diaryl/α,β-unsaturated/α-hetero) is 1. The minimum Gasteiger partial charge on any atom is -0.341 e. The van der Waals surface area contributed by atoms with Crippen LogP contribution in [0.4, 0.5) is 0 Å². The van der Waals surface area contributed by atoms with Gasteiger partial charge in [-0.15, -0.1) is 0 Å². The normalized spacial score (nSPS) is 11.9. The first-order valence-corrected chi connectivity index (χ1v) is 9.86. The van der Waals surface area contributed by atoms with Crippen LogP contribution >= 0.6 is 11.6 Å². The number of carbonyl (C=O) groups is 2. The summed E-state index contributed by atoms with van der Waals surface area (Å²) in [6.07, 6.45) is 1.57. The van der Waals surface area contributed by atoms with Crippen molar-refractivity contribution in [2.24, 2.45) is 0 Å². The molecule has 0 aliphatic rings. The lowest BCUT2D eigenvalue weighted by Gasteiger charge is -2.16. The molecule has 0 saturated heterocycles. The van der Waals surface area contributed by atoms with Gasteiger partial charge < -0.3 is 9.88 Å². The molecule has 0 fully saturated rings. The van der Waals surface area contributed by atoms with Crippen LogP contribution in [0, 0.1) is 0 Å². The average Bonchev–Trinajstić information content (AvgIpc) is 3.13. The van der Waals surface area contributed by atoms with Gasteiger partial charge in [-0.25, -0.2) is 4.98 Å².